The third-order valence-corrected chi connectivity index (χ3v) is 4.79. The number of carbonyl (C=O) groups is 1. The number of phenols is 1. The lowest BCUT2D eigenvalue weighted by atomic mass is 9.99. The molecule has 4 nitrogen and oxygen atoms in total. The number of hydrogen-bond acceptors (Lipinski definition) is 3. The van der Waals surface area contributed by atoms with E-state index in [1.54, 1.807) is 29.2 Å². The molecule has 1 heterocycles. The van der Waals surface area contributed by atoms with Crippen molar-refractivity contribution in [3.8, 4) is 16.9 Å². The van der Waals surface area contributed by atoms with Crippen molar-refractivity contribution in [2.75, 3.05) is 13.2 Å². The molecule has 0 saturated carbocycles. The van der Waals surface area contributed by atoms with Gasteiger partial charge in [-0.15, -0.1) is 0 Å². The van der Waals surface area contributed by atoms with Gasteiger partial charge in [-0.25, -0.2) is 0 Å². The first-order valence-electron chi connectivity index (χ1n) is 8.11. The summed E-state index contributed by atoms with van der Waals surface area (Å²) >= 11 is 5.97. The maximum Gasteiger partial charge on any atom is 0.254 e. The molecule has 1 fully saturated rings. The number of carbonyl (C=O) groups excluding carboxylic acids is 1. The smallest absolute Gasteiger partial charge is 0.254 e. The molecule has 0 spiro atoms. The van der Waals surface area contributed by atoms with Crippen LogP contribution in [0.4, 0.5) is 0 Å². The molecule has 2 aromatic rings. The van der Waals surface area contributed by atoms with Gasteiger partial charge in [0.15, 0.2) is 0 Å². The van der Waals surface area contributed by atoms with E-state index in [0.29, 0.717) is 12.1 Å². The number of aliphatic hydroxyl groups excluding tert-OH is 1. The second-order valence-electron chi connectivity index (χ2n) is 6.08. The van der Waals surface area contributed by atoms with Crippen molar-refractivity contribution in [3.05, 3.63) is 53.1 Å². The summed E-state index contributed by atoms with van der Waals surface area (Å²) in [7, 11) is 0. The Kier molecular flexibility index (Phi) is 5.07. The molecule has 24 heavy (non-hydrogen) atoms. The molecule has 1 amide bonds. The Morgan fingerprint density at radius 1 is 1.17 bits per heavy atom. The predicted molar refractivity (Wildman–Crippen MR) is 94.3 cm³/mol. The molecular weight excluding hydrogens is 326 g/mol. The molecule has 1 atom stereocenters. The van der Waals surface area contributed by atoms with Crippen LogP contribution in [0, 0.1) is 0 Å². The zero-order valence-electron chi connectivity index (χ0n) is 13.3. The maximum atomic E-state index is 12.8. The molecule has 126 valence electrons. The summed E-state index contributed by atoms with van der Waals surface area (Å²) in [6.07, 6.45) is 2.85. The molecule has 2 aromatic carbocycles. The number of nitrogens with zero attached hydrogens (tertiary/aromatic N) is 1. The molecular formula is C19H20ClNO3. The quantitative estimate of drug-likeness (QED) is 0.891. The molecule has 0 radical (unpaired) electrons. The van der Waals surface area contributed by atoms with Crippen LogP contribution in [-0.2, 0) is 0 Å². The maximum absolute atomic E-state index is 12.8. The normalized spacial score (nSPS) is 17.8. The minimum absolute atomic E-state index is 0.000991. The van der Waals surface area contributed by atoms with E-state index in [-0.39, 0.29) is 29.3 Å². The molecule has 2 N–H and O–H groups in total. The van der Waals surface area contributed by atoms with Crippen molar-refractivity contribution in [1.29, 1.82) is 0 Å². The van der Waals surface area contributed by atoms with Gasteiger partial charge in [0.2, 0.25) is 0 Å². The van der Waals surface area contributed by atoms with Crippen molar-refractivity contribution in [3.63, 3.8) is 0 Å². The monoisotopic (exact) mass is 345 g/mol. The number of halogens is 1. The van der Waals surface area contributed by atoms with E-state index < -0.39 is 0 Å². The number of rotatable bonds is 3. The molecule has 0 aliphatic carbocycles. The second kappa shape index (κ2) is 7.24. The van der Waals surface area contributed by atoms with Gasteiger partial charge in [0.1, 0.15) is 5.75 Å². The highest BCUT2D eigenvalue weighted by Crippen LogP contribution is 2.30. The predicted octanol–water partition coefficient (Wildman–Crippen LogP) is 3.70. The van der Waals surface area contributed by atoms with Gasteiger partial charge in [-0.05, 0) is 54.7 Å². The zero-order valence-corrected chi connectivity index (χ0v) is 14.0. The van der Waals surface area contributed by atoms with Crippen molar-refractivity contribution in [2.24, 2.45) is 0 Å². The summed E-state index contributed by atoms with van der Waals surface area (Å²) in [5.41, 5.74) is 2.29. The van der Waals surface area contributed by atoms with E-state index >= 15 is 0 Å². The average Bonchev–Trinajstić information content (AvgIpc) is 2.63. The number of aromatic hydroxyl groups is 1. The standard InChI is InChI=1S/C19H20ClNO3/c20-17-11-14(7-8-18(17)23)13-4-3-5-15(10-13)19(24)21-9-2-1-6-16(21)12-22/h3-5,7-8,10-11,16,22-23H,1-2,6,9,12H2/t16-/m1/s1. The van der Waals surface area contributed by atoms with Gasteiger partial charge in [0, 0.05) is 12.1 Å². The van der Waals surface area contributed by atoms with Crippen LogP contribution in [-0.4, -0.2) is 40.2 Å². The van der Waals surface area contributed by atoms with Gasteiger partial charge >= 0.3 is 0 Å². The zero-order chi connectivity index (χ0) is 17.1. The highest BCUT2D eigenvalue weighted by Gasteiger charge is 2.26. The number of aliphatic hydroxyl groups is 1. The van der Waals surface area contributed by atoms with Gasteiger partial charge in [-0.2, -0.15) is 0 Å². The van der Waals surface area contributed by atoms with Gasteiger partial charge < -0.3 is 15.1 Å². The van der Waals surface area contributed by atoms with Crippen LogP contribution < -0.4 is 0 Å². The van der Waals surface area contributed by atoms with E-state index in [1.165, 1.54) is 0 Å². The molecule has 1 saturated heterocycles. The topological polar surface area (TPSA) is 60.8 Å². The van der Waals surface area contributed by atoms with Crippen molar-refractivity contribution < 1.29 is 15.0 Å². The lowest BCUT2D eigenvalue weighted by Gasteiger charge is -2.34. The second-order valence-corrected chi connectivity index (χ2v) is 6.48. The Bertz CT molecular complexity index is 747. The summed E-state index contributed by atoms with van der Waals surface area (Å²) in [4.78, 5) is 14.6. The van der Waals surface area contributed by atoms with E-state index in [1.807, 2.05) is 18.2 Å². The van der Waals surface area contributed by atoms with Gasteiger partial charge in [-0.3, -0.25) is 4.79 Å². The summed E-state index contributed by atoms with van der Waals surface area (Å²) in [5, 5.41) is 19.3. The van der Waals surface area contributed by atoms with Crippen LogP contribution in [0.25, 0.3) is 11.1 Å². The first-order chi connectivity index (χ1) is 11.6. The van der Waals surface area contributed by atoms with E-state index in [0.717, 1.165) is 30.4 Å². The SMILES string of the molecule is O=C(c1cccc(-c2ccc(O)c(Cl)c2)c1)N1CCCC[C@@H]1CO. The van der Waals surface area contributed by atoms with E-state index in [4.69, 9.17) is 11.6 Å². The van der Waals surface area contributed by atoms with Crippen LogP contribution in [0.15, 0.2) is 42.5 Å². The Morgan fingerprint density at radius 3 is 2.71 bits per heavy atom. The Hall–Kier alpha value is -2.04. The third kappa shape index (κ3) is 3.40. The fourth-order valence-corrected chi connectivity index (χ4v) is 3.32. The summed E-state index contributed by atoms with van der Waals surface area (Å²) in [6, 6.07) is 12.2. The lowest BCUT2D eigenvalue weighted by Crippen LogP contribution is -2.45. The van der Waals surface area contributed by atoms with E-state index in [9.17, 15) is 15.0 Å². The van der Waals surface area contributed by atoms with Crippen LogP contribution in [0.3, 0.4) is 0 Å². The number of phenolic OH excluding ortho intramolecular Hbond substituents is 1. The largest absolute Gasteiger partial charge is 0.506 e. The summed E-state index contributed by atoms with van der Waals surface area (Å²) in [5.74, 6) is -0.0211. The Morgan fingerprint density at radius 2 is 1.96 bits per heavy atom. The third-order valence-electron chi connectivity index (χ3n) is 4.49. The van der Waals surface area contributed by atoms with Gasteiger partial charge in [0.05, 0.1) is 17.7 Å². The fourth-order valence-electron chi connectivity index (χ4n) is 3.14. The molecule has 5 heteroatoms. The molecule has 0 aromatic heterocycles. The highest BCUT2D eigenvalue weighted by atomic mass is 35.5. The molecule has 3 rings (SSSR count). The van der Waals surface area contributed by atoms with Gasteiger partial charge in [-0.1, -0.05) is 29.8 Å². The van der Waals surface area contributed by atoms with Crippen LogP contribution in [0.5, 0.6) is 5.75 Å². The fraction of sp³-hybridized carbons (Fsp3) is 0.316. The summed E-state index contributed by atoms with van der Waals surface area (Å²) < 4.78 is 0. The summed E-state index contributed by atoms with van der Waals surface area (Å²) in [6.45, 7) is 0.679. The van der Waals surface area contributed by atoms with Crippen molar-refractivity contribution >= 4 is 17.5 Å². The number of piperidine rings is 1. The van der Waals surface area contributed by atoms with Crippen LogP contribution in [0.2, 0.25) is 5.02 Å². The molecule has 1 aliphatic heterocycles. The number of hydrogen-bond donors (Lipinski definition) is 2. The first kappa shape index (κ1) is 16.8. The number of likely N-dealkylation sites (tertiary alicyclic amines) is 1. The first-order valence-corrected chi connectivity index (χ1v) is 8.48. The van der Waals surface area contributed by atoms with Crippen molar-refractivity contribution in [2.45, 2.75) is 25.3 Å². The van der Waals surface area contributed by atoms with Gasteiger partial charge in [0.25, 0.3) is 5.91 Å². The van der Waals surface area contributed by atoms with Crippen LogP contribution >= 0.6 is 11.6 Å². The van der Waals surface area contributed by atoms with Crippen LogP contribution in [0.1, 0.15) is 29.6 Å². The average molecular weight is 346 g/mol. The molecule has 0 bridgehead atoms. The molecule has 0 unspecified atom stereocenters. The Labute approximate surface area is 146 Å². The molecule has 1 aliphatic rings. The lowest BCUT2D eigenvalue weighted by molar-refractivity contribution is 0.0503. The number of amides is 1. The van der Waals surface area contributed by atoms with Crippen molar-refractivity contribution in [1.82, 2.24) is 4.90 Å². The highest BCUT2D eigenvalue weighted by molar-refractivity contribution is 6.32. The Balaban J connectivity index is 1.89. The minimum Gasteiger partial charge on any atom is -0.506 e. The van der Waals surface area contributed by atoms with E-state index in [2.05, 4.69) is 0 Å². The minimum atomic E-state index is -0.0991. The number of benzene rings is 2.